The summed E-state index contributed by atoms with van der Waals surface area (Å²) in [5.74, 6) is -2.22. The molecule has 0 aliphatic rings. The highest BCUT2D eigenvalue weighted by Crippen LogP contribution is 2.18. The van der Waals surface area contributed by atoms with E-state index < -0.39 is 11.9 Å². The highest BCUT2D eigenvalue weighted by Gasteiger charge is 2.15. The fourth-order valence-electron chi connectivity index (χ4n) is 2.90. The van der Waals surface area contributed by atoms with Gasteiger partial charge in [0.15, 0.2) is 0 Å². The lowest BCUT2D eigenvalue weighted by atomic mass is 10.1. The zero-order chi connectivity index (χ0) is 23.1. The Kier molecular flexibility index (Phi) is 6.78. The molecule has 3 rings (SSSR count). The number of hydrogen-bond donors (Lipinski definition) is 3. The number of carboxylic acid groups (broad SMARTS) is 1. The summed E-state index contributed by atoms with van der Waals surface area (Å²) < 4.78 is 0. The zero-order valence-corrected chi connectivity index (χ0v) is 17.1. The molecule has 0 spiro atoms. The molecule has 0 atom stereocenters. The molecule has 2 amide bonds. The third-order valence-electron chi connectivity index (χ3n) is 4.54. The van der Waals surface area contributed by atoms with E-state index >= 15 is 0 Å². The summed E-state index contributed by atoms with van der Waals surface area (Å²) in [6.45, 7) is 1.93. The number of aryl methyl sites for hydroxylation is 1. The van der Waals surface area contributed by atoms with E-state index in [0.29, 0.717) is 16.8 Å². The molecule has 0 fully saturated rings. The van der Waals surface area contributed by atoms with Crippen LogP contribution in [-0.4, -0.2) is 22.9 Å². The first-order chi connectivity index (χ1) is 15.4. The Labute approximate surface area is 184 Å². The van der Waals surface area contributed by atoms with Crippen LogP contribution in [0.4, 0.5) is 11.4 Å². The van der Waals surface area contributed by atoms with Gasteiger partial charge in [0.1, 0.15) is 11.6 Å². The van der Waals surface area contributed by atoms with Gasteiger partial charge in [-0.2, -0.15) is 5.26 Å². The van der Waals surface area contributed by atoms with E-state index in [9.17, 15) is 24.8 Å². The van der Waals surface area contributed by atoms with E-state index in [1.165, 1.54) is 24.3 Å². The smallest absolute Gasteiger partial charge is 0.337 e. The number of nitriles is 1. The molecule has 3 aromatic carbocycles. The summed E-state index contributed by atoms with van der Waals surface area (Å²) >= 11 is 0. The summed E-state index contributed by atoms with van der Waals surface area (Å²) in [6.07, 6.45) is 1.36. The van der Waals surface area contributed by atoms with Crippen molar-refractivity contribution in [2.45, 2.75) is 6.92 Å². The number of hydrogen-bond acceptors (Lipinski definition) is 4. The molecule has 7 nitrogen and oxygen atoms in total. The van der Waals surface area contributed by atoms with Crippen LogP contribution >= 0.6 is 0 Å². The van der Waals surface area contributed by atoms with Crippen LogP contribution < -0.4 is 10.6 Å². The molecule has 0 saturated carbocycles. The van der Waals surface area contributed by atoms with Crippen molar-refractivity contribution >= 4 is 35.2 Å². The van der Waals surface area contributed by atoms with E-state index in [1.54, 1.807) is 42.5 Å². The van der Waals surface area contributed by atoms with Gasteiger partial charge in [-0.3, -0.25) is 9.59 Å². The van der Waals surface area contributed by atoms with Gasteiger partial charge in [0.25, 0.3) is 11.8 Å². The van der Waals surface area contributed by atoms with Crippen LogP contribution in [0.5, 0.6) is 0 Å². The zero-order valence-electron chi connectivity index (χ0n) is 17.1. The molecular weight excluding hydrogens is 406 g/mol. The highest BCUT2D eigenvalue weighted by molar-refractivity contribution is 6.12. The third kappa shape index (κ3) is 5.46. The molecule has 7 heteroatoms. The molecular formula is C25H19N3O4. The number of carbonyl (C=O) groups excluding carboxylic acids is 2. The molecule has 0 saturated heterocycles. The van der Waals surface area contributed by atoms with Crippen molar-refractivity contribution in [3.8, 4) is 6.07 Å². The maximum Gasteiger partial charge on any atom is 0.337 e. The largest absolute Gasteiger partial charge is 0.478 e. The molecule has 0 aromatic heterocycles. The normalized spacial score (nSPS) is 10.7. The average Bonchev–Trinajstić information content (AvgIpc) is 2.78. The fourth-order valence-corrected chi connectivity index (χ4v) is 2.90. The number of rotatable bonds is 6. The number of carbonyl (C=O) groups is 3. The predicted molar refractivity (Wildman–Crippen MR) is 121 cm³/mol. The Morgan fingerprint density at radius 3 is 2.34 bits per heavy atom. The molecule has 0 unspecified atom stereocenters. The predicted octanol–water partition coefficient (Wildman–Crippen LogP) is 4.49. The van der Waals surface area contributed by atoms with Gasteiger partial charge in [-0.25, -0.2) is 4.79 Å². The van der Waals surface area contributed by atoms with Crippen LogP contribution in [0.2, 0.25) is 0 Å². The molecule has 0 aliphatic heterocycles. The first-order valence-electron chi connectivity index (χ1n) is 9.61. The van der Waals surface area contributed by atoms with Crippen molar-refractivity contribution in [1.29, 1.82) is 5.26 Å². The van der Waals surface area contributed by atoms with Gasteiger partial charge >= 0.3 is 5.97 Å². The van der Waals surface area contributed by atoms with Gasteiger partial charge < -0.3 is 15.7 Å². The molecule has 0 aliphatic carbocycles. The van der Waals surface area contributed by atoms with Crippen LogP contribution in [-0.2, 0) is 4.79 Å². The van der Waals surface area contributed by atoms with Crippen molar-refractivity contribution in [3.63, 3.8) is 0 Å². The van der Waals surface area contributed by atoms with E-state index in [0.717, 1.165) is 5.56 Å². The Hall–Kier alpha value is -4.70. The van der Waals surface area contributed by atoms with Gasteiger partial charge in [-0.05, 0) is 55.0 Å². The quantitative estimate of drug-likeness (QED) is 0.397. The van der Waals surface area contributed by atoms with Crippen molar-refractivity contribution in [1.82, 2.24) is 0 Å². The Morgan fingerprint density at radius 2 is 1.66 bits per heavy atom. The Balaban J connectivity index is 1.78. The minimum atomic E-state index is -1.19. The van der Waals surface area contributed by atoms with Gasteiger partial charge in [0.2, 0.25) is 0 Å². The average molecular weight is 425 g/mol. The van der Waals surface area contributed by atoms with Gasteiger partial charge in [-0.15, -0.1) is 0 Å². The maximum atomic E-state index is 12.5. The number of nitrogens with zero attached hydrogens (tertiary/aromatic N) is 1. The molecule has 158 valence electrons. The van der Waals surface area contributed by atoms with Crippen molar-refractivity contribution in [2.24, 2.45) is 0 Å². The molecule has 0 heterocycles. The second-order valence-electron chi connectivity index (χ2n) is 6.92. The SMILES string of the molecule is Cc1ccc(C(=O)Nc2cccc(/C=C(\C#N)C(=O)Nc3ccccc3C(=O)O)c2)cc1. The number of benzene rings is 3. The Morgan fingerprint density at radius 1 is 0.938 bits per heavy atom. The van der Waals surface area contributed by atoms with Gasteiger partial charge in [0, 0.05) is 11.3 Å². The number of para-hydroxylation sites is 1. The summed E-state index contributed by atoms with van der Waals surface area (Å²) in [7, 11) is 0. The molecule has 3 N–H and O–H groups in total. The standard InChI is InChI=1S/C25H19N3O4/c1-16-9-11-18(12-10-16)23(29)27-20-6-4-5-17(14-20)13-19(15-26)24(30)28-22-8-3-2-7-21(22)25(31)32/h2-14H,1H3,(H,27,29)(H,28,30)(H,31,32)/b19-13+. The van der Waals surface area contributed by atoms with Crippen LogP contribution in [0, 0.1) is 18.3 Å². The number of aromatic carboxylic acids is 1. The van der Waals surface area contributed by atoms with Crippen LogP contribution in [0.15, 0.2) is 78.4 Å². The second-order valence-corrected chi connectivity index (χ2v) is 6.92. The maximum absolute atomic E-state index is 12.5. The summed E-state index contributed by atoms with van der Waals surface area (Å²) in [6, 6.07) is 21.6. The topological polar surface area (TPSA) is 119 Å². The fraction of sp³-hybridized carbons (Fsp3) is 0.0400. The van der Waals surface area contributed by atoms with Crippen LogP contribution in [0.25, 0.3) is 6.08 Å². The van der Waals surface area contributed by atoms with Crippen molar-refractivity contribution in [2.75, 3.05) is 10.6 Å². The van der Waals surface area contributed by atoms with E-state index in [-0.39, 0.29) is 22.7 Å². The lowest BCUT2D eigenvalue weighted by molar-refractivity contribution is -0.112. The van der Waals surface area contributed by atoms with Crippen molar-refractivity contribution < 1.29 is 19.5 Å². The van der Waals surface area contributed by atoms with E-state index in [1.807, 2.05) is 25.1 Å². The van der Waals surface area contributed by atoms with E-state index in [2.05, 4.69) is 10.6 Å². The van der Waals surface area contributed by atoms with Crippen LogP contribution in [0.3, 0.4) is 0 Å². The molecule has 32 heavy (non-hydrogen) atoms. The highest BCUT2D eigenvalue weighted by atomic mass is 16.4. The van der Waals surface area contributed by atoms with E-state index in [4.69, 9.17) is 0 Å². The number of amides is 2. The van der Waals surface area contributed by atoms with Gasteiger partial charge in [-0.1, -0.05) is 42.0 Å². The first-order valence-corrected chi connectivity index (χ1v) is 9.61. The Bertz CT molecular complexity index is 1250. The summed E-state index contributed by atoms with van der Waals surface area (Å²) in [4.78, 5) is 36.3. The number of anilines is 2. The lowest BCUT2D eigenvalue weighted by Gasteiger charge is -2.08. The minimum Gasteiger partial charge on any atom is -0.478 e. The molecule has 0 bridgehead atoms. The monoisotopic (exact) mass is 425 g/mol. The summed E-state index contributed by atoms with van der Waals surface area (Å²) in [5.41, 5.74) is 2.35. The first kappa shape index (κ1) is 22.0. The van der Waals surface area contributed by atoms with Crippen LogP contribution in [0.1, 0.15) is 31.8 Å². The molecule has 3 aromatic rings. The second kappa shape index (κ2) is 9.87. The summed E-state index contributed by atoms with van der Waals surface area (Å²) in [5, 5.41) is 23.9. The third-order valence-corrected chi connectivity index (χ3v) is 4.54. The van der Waals surface area contributed by atoms with Crippen molar-refractivity contribution in [3.05, 3.63) is 101 Å². The number of carboxylic acids is 1. The van der Waals surface area contributed by atoms with Gasteiger partial charge in [0.05, 0.1) is 11.3 Å². The lowest BCUT2D eigenvalue weighted by Crippen LogP contribution is -2.16. The molecule has 0 radical (unpaired) electrons. The number of nitrogens with one attached hydrogen (secondary N) is 2. The minimum absolute atomic E-state index is 0.0843.